The van der Waals surface area contributed by atoms with Crippen LogP contribution in [0.5, 0.6) is 0 Å². The van der Waals surface area contributed by atoms with E-state index in [1.54, 1.807) is 17.6 Å². The number of rotatable bonds is 1. The monoisotopic (exact) mass is 161 g/mol. The number of pyridine rings is 1. The maximum atomic E-state index is 10.4. The number of fused-ring (bicyclic) bond motifs is 1. The van der Waals surface area contributed by atoms with Crippen LogP contribution in [0.15, 0.2) is 29.6 Å². The van der Waals surface area contributed by atoms with Crippen LogP contribution in [0.3, 0.4) is 0 Å². The van der Waals surface area contributed by atoms with E-state index in [9.17, 15) is 4.91 Å². The fraction of sp³-hybridized carbons (Fsp3) is 0.125. The summed E-state index contributed by atoms with van der Waals surface area (Å²) in [5, 5.41) is 7.03. The molecule has 0 atom stereocenters. The second-order valence-electron chi connectivity index (χ2n) is 2.56. The van der Waals surface area contributed by atoms with E-state index in [0.29, 0.717) is 11.4 Å². The lowest BCUT2D eigenvalue weighted by Gasteiger charge is -1.88. The van der Waals surface area contributed by atoms with E-state index in [4.69, 9.17) is 0 Å². The van der Waals surface area contributed by atoms with Crippen LogP contribution in [0.2, 0.25) is 0 Å². The molecular formula is C8H7N3O. The first-order chi connectivity index (χ1) is 5.83. The summed E-state index contributed by atoms with van der Waals surface area (Å²) in [6.07, 6.45) is 1.79. The Balaban J connectivity index is 2.90. The Morgan fingerprint density at radius 3 is 3.08 bits per heavy atom. The Labute approximate surface area is 68.8 Å². The third kappa shape index (κ3) is 0.812. The van der Waals surface area contributed by atoms with Gasteiger partial charge >= 0.3 is 0 Å². The van der Waals surface area contributed by atoms with E-state index >= 15 is 0 Å². The Kier molecular flexibility index (Phi) is 1.40. The summed E-state index contributed by atoms with van der Waals surface area (Å²) in [6.45, 7) is 1.77. The average molecular weight is 161 g/mol. The van der Waals surface area contributed by atoms with Crippen LogP contribution >= 0.6 is 0 Å². The van der Waals surface area contributed by atoms with Gasteiger partial charge in [-0.2, -0.15) is 5.10 Å². The van der Waals surface area contributed by atoms with Crippen molar-refractivity contribution in [2.24, 2.45) is 5.18 Å². The average Bonchev–Trinajstić information content (AvgIpc) is 2.40. The topological polar surface area (TPSA) is 46.7 Å². The molecule has 12 heavy (non-hydrogen) atoms. The second kappa shape index (κ2) is 2.41. The number of nitrogens with zero attached hydrogens (tertiary/aromatic N) is 3. The molecule has 2 aromatic heterocycles. The molecular weight excluding hydrogens is 154 g/mol. The number of aromatic nitrogens is 2. The molecule has 0 aromatic carbocycles. The Bertz CT molecular complexity index is 433. The highest BCUT2D eigenvalue weighted by Gasteiger charge is 2.07. The molecule has 2 heterocycles. The number of aryl methyl sites for hydroxylation is 1. The zero-order valence-corrected chi connectivity index (χ0v) is 6.56. The summed E-state index contributed by atoms with van der Waals surface area (Å²) in [6, 6.07) is 5.52. The molecule has 0 aliphatic rings. The predicted molar refractivity (Wildman–Crippen MR) is 45.4 cm³/mol. The Morgan fingerprint density at radius 2 is 2.33 bits per heavy atom. The minimum atomic E-state index is 0.426. The van der Waals surface area contributed by atoms with Gasteiger partial charge in [-0.15, -0.1) is 4.91 Å². The summed E-state index contributed by atoms with van der Waals surface area (Å²) in [5.74, 6) is 0. The molecule has 4 nitrogen and oxygen atoms in total. The zero-order valence-electron chi connectivity index (χ0n) is 6.56. The lowest BCUT2D eigenvalue weighted by Crippen LogP contribution is -1.83. The van der Waals surface area contributed by atoms with Gasteiger partial charge in [-0.3, -0.25) is 0 Å². The van der Waals surface area contributed by atoms with Crippen molar-refractivity contribution in [3.05, 3.63) is 35.0 Å². The van der Waals surface area contributed by atoms with Gasteiger partial charge in [0, 0.05) is 6.20 Å². The van der Waals surface area contributed by atoms with E-state index in [1.807, 2.05) is 18.2 Å². The van der Waals surface area contributed by atoms with Gasteiger partial charge in [-0.25, -0.2) is 4.52 Å². The third-order valence-electron chi connectivity index (χ3n) is 1.77. The molecule has 0 fully saturated rings. The summed E-state index contributed by atoms with van der Waals surface area (Å²) >= 11 is 0. The molecule has 0 aliphatic heterocycles. The van der Waals surface area contributed by atoms with E-state index in [-0.39, 0.29) is 0 Å². The fourth-order valence-electron chi connectivity index (χ4n) is 1.22. The molecule has 4 heteroatoms. The van der Waals surface area contributed by atoms with Crippen molar-refractivity contribution in [2.75, 3.05) is 0 Å². The van der Waals surface area contributed by atoms with Crippen LogP contribution in [0.4, 0.5) is 5.69 Å². The minimum Gasteiger partial charge on any atom is -0.238 e. The third-order valence-corrected chi connectivity index (χ3v) is 1.77. The highest BCUT2D eigenvalue weighted by Crippen LogP contribution is 2.23. The Morgan fingerprint density at radius 1 is 1.50 bits per heavy atom. The maximum absolute atomic E-state index is 10.4. The zero-order chi connectivity index (χ0) is 8.55. The van der Waals surface area contributed by atoms with Gasteiger partial charge in [0.15, 0.2) is 5.69 Å². The molecule has 0 bridgehead atoms. The van der Waals surface area contributed by atoms with Crippen molar-refractivity contribution in [1.82, 2.24) is 9.61 Å². The maximum Gasteiger partial charge on any atom is 0.156 e. The van der Waals surface area contributed by atoms with Crippen molar-refractivity contribution in [2.45, 2.75) is 6.92 Å². The highest BCUT2D eigenvalue weighted by molar-refractivity contribution is 5.70. The molecule has 0 saturated carbocycles. The lowest BCUT2D eigenvalue weighted by atomic mass is 10.3. The molecule has 60 valence electrons. The predicted octanol–water partition coefficient (Wildman–Crippen LogP) is 2.04. The molecule has 0 unspecified atom stereocenters. The van der Waals surface area contributed by atoms with Crippen LogP contribution in [-0.4, -0.2) is 9.61 Å². The summed E-state index contributed by atoms with van der Waals surface area (Å²) in [4.78, 5) is 10.4. The molecule has 0 N–H and O–H groups in total. The van der Waals surface area contributed by atoms with Gasteiger partial charge in [-0.1, -0.05) is 6.07 Å². The van der Waals surface area contributed by atoms with Gasteiger partial charge in [-0.05, 0) is 24.2 Å². The second-order valence-corrected chi connectivity index (χ2v) is 2.56. The first-order valence-electron chi connectivity index (χ1n) is 3.60. The highest BCUT2D eigenvalue weighted by atomic mass is 16.3. The summed E-state index contributed by atoms with van der Waals surface area (Å²) in [5.41, 5.74) is 1.84. The molecule has 0 aliphatic carbocycles. The quantitative estimate of drug-likeness (QED) is 0.601. The van der Waals surface area contributed by atoms with Crippen molar-refractivity contribution < 1.29 is 0 Å². The van der Waals surface area contributed by atoms with E-state index in [2.05, 4.69) is 10.3 Å². The SMILES string of the molecule is Cc1nn2ccccc2c1N=O. The van der Waals surface area contributed by atoms with Crippen molar-refractivity contribution in [3.63, 3.8) is 0 Å². The molecule has 0 radical (unpaired) electrons. The van der Waals surface area contributed by atoms with Crippen molar-refractivity contribution in [3.8, 4) is 0 Å². The van der Waals surface area contributed by atoms with Gasteiger partial charge < -0.3 is 0 Å². The normalized spacial score (nSPS) is 10.4. The van der Waals surface area contributed by atoms with Gasteiger partial charge in [0.1, 0.15) is 0 Å². The van der Waals surface area contributed by atoms with Crippen LogP contribution in [0.1, 0.15) is 5.69 Å². The number of nitroso groups, excluding NO2 is 1. The molecule has 0 amide bonds. The largest absolute Gasteiger partial charge is 0.238 e. The first-order valence-corrected chi connectivity index (χ1v) is 3.60. The lowest BCUT2D eigenvalue weighted by molar-refractivity contribution is 0.934. The van der Waals surface area contributed by atoms with Crippen LogP contribution in [0.25, 0.3) is 5.52 Å². The van der Waals surface area contributed by atoms with E-state index in [1.165, 1.54) is 0 Å². The minimum absolute atomic E-state index is 0.426. The molecule has 0 saturated heterocycles. The molecule has 0 spiro atoms. The number of hydrogen-bond donors (Lipinski definition) is 0. The fourth-order valence-corrected chi connectivity index (χ4v) is 1.22. The Hall–Kier alpha value is -1.71. The van der Waals surface area contributed by atoms with Gasteiger partial charge in [0.25, 0.3) is 0 Å². The van der Waals surface area contributed by atoms with Crippen molar-refractivity contribution >= 4 is 11.2 Å². The standard InChI is InChI=1S/C8H7N3O/c1-6-8(10-12)7-4-2-3-5-11(7)9-6/h2-5H,1H3. The van der Waals surface area contributed by atoms with Gasteiger partial charge in [0.2, 0.25) is 0 Å². The van der Waals surface area contributed by atoms with Crippen LogP contribution in [0, 0.1) is 11.8 Å². The number of hydrogen-bond acceptors (Lipinski definition) is 3. The van der Waals surface area contributed by atoms with Gasteiger partial charge in [0.05, 0.1) is 11.2 Å². The summed E-state index contributed by atoms with van der Waals surface area (Å²) in [7, 11) is 0. The smallest absolute Gasteiger partial charge is 0.156 e. The molecule has 2 rings (SSSR count). The first kappa shape index (κ1) is 6.97. The van der Waals surface area contributed by atoms with E-state index in [0.717, 1.165) is 5.52 Å². The molecule has 2 aromatic rings. The van der Waals surface area contributed by atoms with Crippen molar-refractivity contribution in [1.29, 1.82) is 0 Å². The summed E-state index contributed by atoms with van der Waals surface area (Å²) < 4.78 is 1.64. The van der Waals surface area contributed by atoms with Crippen LogP contribution in [-0.2, 0) is 0 Å². The van der Waals surface area contributed by atoms with Crippen LogP contribution < -0.4 is 0 Å². The van der Waals surface area contributed by atoms with E-state index < -0.39 is 0 Å².